The van der Waals surface area contributed by atoms with E-state index in [1.165, 1.54) is 12.1 Å². The van der Waals surface area contributed by atoms with Gasteiger partial charge in [0.05, 0.1) is 5.69 Å². The molecule has 0 aliphatic carbocycles. The van der Waals surface area contributed by atoms with E-state index in [0.29, 0.717) is 16.2 Å². The Morgan fingerprint density at radius 2 is 2.06 bits per heavy atom. The van der Waals surface area contributed by atoms with Crippen LogP contribution in [-0.4, -0.2) is 14.9 Å². The maximum absolute atomic E-state index is 13.3. The molecule has 18 heavy (non-hydrogen) atoms. The number of phenols is 1. The number of aromatic nitrogens is 2. The highest BCUT2D eigenvalue weighted by molar-refractivity contribution is 9.10. The molecular weight excluding hydrogens is 299 g/mol. The van der Waals surface area contributed by atoms with Crippen molar-refractivity contribution < 1.29 is 9.50 Å². The van der Waals surface area contributed by atoms with E-state index >= 15 is 0 Å². The molecule has 0 saturated carbocycles. The Bertz CT molecular complexity index is 546. The second-order valence-electron chi connectivity index (χ2n) is 4.64. The zero-order chi connectivity index (χ0) is 13.3. The van der Waals surface area contributed by atoms with Crippen LogP contribution in [0.3, 0.4) is 0 Å². The standard InChI is InChI=1S/C13H14BrFN2O/c1-8(2)3-10-7-13(14)16-17(10)11-4-9(15)5-12(18)6-11/h4-8,18H,3H2,1-2H3. The van der Waals surface area contributed by atoms with E-state index < -0.39 is 5.82 Å². The molecule has 0 aliphatic heterocycles. The van der Waals surface area contributed by atoms with Gasteiger partial charge < -0.3 is 5.11 Å². The highest BCUT2D eigenvalue weighted by Gasteiger charge is 2.11. The van der Waals surface area contributed by atoms with Crippen molar-refractivity contribution >= 4 is 15.9 Å². The summed E-state index contributed by atoms with van der Waals surface area (Å²) in [5, 5.41) is 13.7. The molecule has 0 radical (unpaired) electrons. The van der Waals surface area contributed by atoms with Crippen molar-refractivity contribution in [1.82, 2.24) is 9.78 Å². The molecule has 0 amide bonds. The molecule has 1 aromatic carbocycles. The van der Waals surface area contributed by atoms with Crippen molar-refractivity contribution in [3.63, 3.8) is 0 Å². The highest BCUT2D eigenvalue weighted by atomic mass is 79.9. The molecule has 0 aliphatic rings. The van der Waals surface area contributed by atoms with Crippen molar-refractivity contribution in [3.05, 3.63) is 40.4 Å². The largest absolute Gasteiger partial charge is 0.508 e. The van der Waals surface area contributed by atoms with Gasteiger partial charge in [0.25, 0.3) is 0 Å². The van der Waals surface area contributed by atoms with Crippen LogP contribution in [0.2, 0.25) is 0 Å². The SMILES string of the molecule is CC(C)Cc1cc(Br)nn1-c1cc(O)cc(F)c1. The molecule has 1 heterocycles. The molecule has 0 fully saturated rings. The van der Waals surface area contributed by atoms with E-state index in [-0.39, 0.29) is 5.75 Å². The van der Waals surface area contributed by atoms with Gasteiger partial charge in [-0.2, -0.15) is 5.10 Å². The molecule has 0 saturated heterocycles. The van der Waals surface area contributed by atoms with Crippen molar-refractivity contribution in [2.24, 2.45) is 5.92 Å². The molecule has 5 heteroatoms. The predicted molar refractivity (Wildman–Crippen MR) is 71.4 cm³/mol. The summed E-state index contributed by atoms with van der Waals surface area (Å²) in [5.74, 6) is -0.117. The van der Waals surface area contributed by atoms with Crippen LogP contribution in [0.4, 0.5) is 4.39 Å². The number of hydrogen-bond acceptors (Lipinski definition) is 2. The van der Waals surface area contributed by atoms with Crippen molar-refractivity contribution in [2.75, 3.05) is 0 Å². The Kier molecular flexibility index (Phi) is 3.71. The minimum absolute atomic E-state index is 0.105. The molecule has 1 aromatic heterocycles. The lowest BCUT2D eigenvalue weighted by Crippen LogP contribution is -2.05. The zero-order valence-electron chi connectivity index (χ0n) is 10.2. The lowest BCUT2D eigenvalue weighted by Gasteiger charge is -2.09. The van der Waals surface area contributed by atoms with Gasteiger partial charge in [0, 0.05) is 17.8 Å². The first kappa shape index (κ1) is 13.1. The zero-order valence-corrected chi connectivity index (χ0v) is 11.8. The lowest BCUT2D eigenvalue weighted by molar-refractivity contribution is 0.468. The first-order valence-electron chi connectivity index (χ1n) is 5.70. The molecule has 0 atom stereocenters. The van der Waals surface area contributed by atoms with E-state index in [0.717, 1.165) is 18.2 Å². The summed E-state index contributed by atoms with van der Waals surface area (Å²) in [5.41, 5.74) is 1.50. The summed E-state index contributed by atoms with van der Waals surface area (Å²) in [6.45, 7) is 4.21. The normalized spacial score (nSPS) is 11.2. The lowest BCUT2D eigenvalue weighted by atomic mass is 10.1. The summed E-state index contributed by atoms with van der Waals surface area (Å²) in [6, 6.07) is 5.82. The molecule has 3 nitrogen and oxygen atoms in total. The Hall–Kier alpha value is -1.36. The van der Waals surface area contributed by atoms with Gasteiger partial charge in [0.1, 0.15) is 16.2 Å². The molecule has 96 valence electrons. The third-order valence-electron chi connectivity index (χ3n) is 2.48. The Labute approximate surface area is 113 Å². The number of rotatable bonds is 3. The van der Waals surface area contributed by atoms with Crippen molar-refractivity contribution in [3.8, 4) is 11.4 Å². The summed E-state index contributed by atoms with van der Waals surface area (Å²) in [6.07, 6.45) is 0.829. The van der Waals surface area contributed by atoms with Crippen LogP contribution in [0.15, 0.2) is 28.9 Å². The van der Waals surface area contributed by atoms with Crippen molar-refractivity contribution in [1.29, 1.82) is 0 Å². The van der Waals surface area contributed by atoms with Gasteiger partial charge in [-0.3, -0.25) is 0 Å². The van der Waals surface area contributed by atoms with Crippen LogP contribution in [0, 0.1) is 11.7 Å². The fourth-order valence-electron chi connectivity index (χ4n) is 1.86. The fourth-order valence-corrected chi connectivity index (χ4v) is 2.28. The maximum atomic E-state index is 13.3. The van der Waals surface area contributed by atoms with Crippen LogP contribution >= 0.6 is 15.9 Å². The molecule has 0 bridgehead atoms. The first-order chi connectivity index (χ1) is 8.45. The van der Waals surface area contributed by atoms with Gasteiger partial charge in [0.2, 0.25) is 0 Å². The average molecular weight is 313 g/mol. The van der Waals surface area contributed by atoms with Gasteiger partial charge in [0.15, 0.2) is 0 Å². The van der Waals surface area contributed by atoms with Gasteiger partial charge in [-0.1, -0.05) is 13.8 Å². The molecule has 2 rings (SSSR count). The summed E-state index contributed by atoms with van der Waals surface area (Å²) in [4.78, 5) is 0. The minimum Gasteiger partial charge on any atom is -0.508 e. The Balaban J connectivity index is 2.49. The second-order valence-corrected chi connectivity index (χ2v) is 5.45. The Morgan fingerprint density at radius 3 is 2.67 bits per heavy atom. The van der Waals surface area contributed by atoms with Crippen LogP contribution in [0.5, 0.6) is 5.75 Å². The maximum Gasteiger partial charge on any atom is 0.129 e. The van der Waals surface area contributed by atoms with E-state index in [1.807, 2.05) is 6.07 Å². The number of benzene rings is 1. The summed E-state index contributed by atoms with van der Waals surface area (Å²) >= 11 is 3.32. The van der Waals surface area contributed by atoms with Gasteiger partial charge in [-0.25, -0.2) is 9.07 Å². The van der Waals surface area contributed by atoms with Crippen LogP contribution < -0.4 is 0 Å². The average Bonchev–Trinajstić information content (AvgIpc) is 2.56. The molecular formula is C13H14BrFN2O. The monoisotopic (exact) mass is 312 g/mol. The minimum atomic E-state index is -0.480. The third-order valence-corrected chi connectivity index (χ3v) is 2.87. The molecule has 2 aromatic rings. The van der Waals surface area contributed by atoms with Gasteiger partial charge in [-0.15, -0.1) is 0 Å². The first-order valence-corrected chi connectivity index (χ1v) is 6.49. The van der Waals surface area contributed by atoms with Gasteiger partial charge in [-0.05, 0) is 40.4 Å². The third kappa shape index (κ3) is 2.90. The molecule has 1 N–H and O–H groups in total. The van der Waals surface area contributed by atoms with Crippen LogP contribution in [0.1, 0.15) is 19.5 Å². The topological polar surface area (TPSA) is 38.0 Å². The van der Waals surface area contributed by atoms with E-state index in [4.69, 9.17) is 0 Å². The fraction of sp³-hybridized carbons (Fsp3) is 0.308. The Morgan fingerprint density at radius 1 is 1.33 bits per heavy atom. The van der Waals surface area contributed by atoms with E-state index in [2.05, 4.69) is 34.9 Å². The number of hydrogen-bond donors (Lipinski definition) is 1. The van der Waals surface area contributed by atoms with E-state index in [9.17, 15) is 9.50 Å². The molecule has 0 spiro atoms. The quantitative estimate of drug-likeness (QED) is 0.939. The second kappa shape index (κ2) is 5.10. The number of nitrogens with zero attached hydrogens (tertiary/aromatic N) is 2. The smallest absolute Gasteiger partial charge is 0.129 e. The number of aromatic hydroxyl groups is 1. The van der Waals surface area contributed by atoms with Crippen LogP contribution in [-0.2, 0) is 6.42 Å². The number of halogens is 2. The van der Waals surface area contributed by atoms with Gasteiger partial charge >= 0.3 is 0 Å². The highest BCUT2D eigenvalue weighted by Crippen LogP contribution is 2.22. The predicted octanol–water partition coefficient (Wildman–Crippen LogP) is 3.68. The van der Waals surface area contributed by atoms with E-state index in [1.54, 1.807) is 4.68 Å². The van der Waals surface area contributed by atoms with Crippen LogP contribution in [0.25, 0.3) is 5.69 Å². The van der Waals surface area contributed by atoms with Crippen molar-refractivity contribution in [2.45, 2.75) is 20.3 Å². The molecule has 0 unspecified atom stereocenters. The summed E-state index contributed by atoms with van der Waals surface area (Å²) in [7, 11) is 0. The summed E-state index contributed by atoms with van der Waals surface area (Å²) < 4.78 is 15.6. The number of phenolic OH excluding ortho intramolecular Hbond substituents is 1.